The fourth-order valence-electron chi connectivity index (χ4n) is 1.56. The second-order valence-electron chi connectivity index (χ2n) is 3.42. The molecule has 2 aromatic rings. The fourth-order valence-corrected chi connectivity index (χ4v) is 3.24. The van der Waals surface area contributed by atoms with Gasteiger partial charge in [0.2, 0.25) is 0 Å². The zero-order valence-electron chi connectivity index (χ0n) is 9.78. The molecule has 0 amide bonds. The molecule has 0 fully saturated rings. The van der Waals surface area contributed by atoms with Gasteiger partial charge in [0.1, 0.15) is 0 Å². The Morgan fingerprint density at radius 1 is 1.18 bits per heavy atom. The average molecular weight is 314 g/mol. The van der Waals surface area contributed by atoms with E-state index >= 15 is 0 Å². The molecule has 0 unspecified atom stereocenters. The molecule has 0 aliphatic heterocycles. The molecule has 1 aromatic carbocycles. The Bertz CT molecular complexity index is 539. The summed E-state index contributed by atoms with van der Waals surface area (Å²) in [6.07, 6.45) is 0. The Morgan fingerprint density at radius 2 is 1.88 bits per heavy atom. The molecule has 0 radical (unpaired) electrons. The Kier molecular flexibility index (Phi) is 3.69. The summed E-state index contributed by atoms with van der Waals surface area (Å²) in [4.78, 5) is 4.49. The van der Waals surface area contributed by atoms with Crippen LogP contribution in [-0.2, 0) is 0 Å². The number of hydrogen-bond acceptors (Lipinski definition) is 4. The first-order chi connectivity index (χ1) is 8.15. The van der Waals surface area contributed by atoms with Crippen LogP contribution in [0.3, 0.4) is 0 Å². The topological polar surface area (TPSA) is 31.4 Å². The van der Waals surface area contributed by atoms with E-state index in [0.29, 0.717) is 5.75 Å². The summed E-state index contributed by atoms with van der Waals surface area (Å²) >= 11 is 5.14. The minimum Gasteiger partial charge on any atom is -0.493 e. The molecule has 0 aliphatic carbocycles. The van der Waals surface area contributed by atoms with E-state index in [1.54, 1.807) is 25.6 Å². The molecule has 5 heteroatoms. The van der Waals surface area contributed by atoms with E-state index in [4.69, 9.17) is 9.47 Å². The lowest BCUT2D eigenvalue weighted by Crippen LogP contribution is -1.91. The first-order valence-electron chi connectivity index (χ1n) is 5.01. The van der Waals surface area contributed by atoms with E-state index in [0.717, 1.165) is 25.8 Å². The first kappa shape index (κ1) is 12.4. The van der Waals surface area contributed by atoms with Crippen molar-refractivity contribution in [2.75, 3.05) is 14.2 Å². The number of thiazole rings is 1. The third kappa shape index (κ3) is 2.45. The second kappa shape index (κ2) is 5.06. The van der Waals surface area contributed by atoms with Crippen LogP contribution in [0.1, 0.15) is 5.01 Å². The molecule has 90 valence electrons. The highest BCUT2D eigenvalue weighted by molar-refractivity contribution is 9.11. The molecular formula is C12H12BrNO2S. The van der Waals surface area contributed by atoms with Gasteiger partial charge in [-0.25, -0.2) is 4.98 Å². The van der Waals surface area contributed by atoms with Crippen LogP contribution in [0, 0.1) is 6.92 Å². The molecule has 3 nitrogen and oxygen atoms in total. The molecule has 0 saturated carbocycles. The molecule has 17 heavy (non-hydrogen) atoms. The number of ether oxygens (including phenoxy) is 2. The van der Waals surface area contributed by atoms with E-state index in [1.807, 2.05) is 25.1 Å². The summed E-state index contributed by atoms with van der Waals surface area (Å²) in [5, 5.41) is 1.03. The van der Waals surface area contributed by atoms with Crippen LogP contribution >= 0.6 is 27.3 Å². The van der Waals surface area contributed by atoms with E-state index in [1.165, 1.54) is 0 Å². The number of halogens is 1. The molecule has 0 N–H and O–H groups in total. The molecule has 0 atom stereocenters. The summed E-state index contributed by atoms with van der Waals surface area (Å²) in [7, 11) is 3.25. The highest BCUT2D eigenvalue weighted by Gasteiger charge is 2.12. The lowest BCUT2D eigenvalue weighted by Gasteiger charge is -2.08. The number of hydrogen-bond donors (Lipinski definition) is 0. The summed E-state index contributed by atoms with van der Waals surface area (Å²) in [5.41, 5.74) is 1.95. The molecule has 0 saturated heterocycles. The van der Waals surface area contributed by atoms with Crippen LogP contribution in [0.25, 0.3) is 11.3 Å². The normalized spacial score (nSPS) is 10.4. The largest absolute Gasteiger partial charge is 0.493 e. The summed E-state index contributed by atoms with van der Waals surface area (Å²) in [6, 6.07) is 5.79. The minimum atomic E-state index is 0.711. The number of nitrogens with zero attached hydrogens (tertiary/aromatic N) is 1. The third-order valence-corrected chi connectivity index (χ3v) is 3.97. The minimum absolute atomic E-state index is 0.711. The monoisotopic (exact) mass is 313 g/mol. The lowest BCUT2D eigenvalue weighted by molar-refractivity contribution is 0.355. The van der Waals surface area contributed by atoms with E-state index in [-0.39, 0.29) is 0 Å². The molecule has 0 spiro atoms. The van der Waals surface area contributed by atoms with Gasteiger partial charge in [0.25, 0.3) is 0 Å². The fraction of sp³-hybridized carbons (Fsp3) is 0.250. The predicted molar refractivity (Wildman–Crippen MR) is 73.1 cm³/mol. The molecular weight excluding hydrogens is 302 g/mol. The van der Waals surface area contributed by atoms with Gasteiger partial charge >= 0.3 is 0 Å². The average Bonchev–Trinajstić information content (AvgIpc) is 2.67. The van der Waals surface area contributed by atoms with Gasteiger partial charge < -0.3 is 9.47 Å². The number of benzene rings is 1. The van der Waals surface area contributed by atoms with Crippen molar-refractivity contribution in [1.82, 2.24) is 4.98 Å². The quantitative estimate of drug-likeness (QED) is 0.861. The van der Waals surface area contributed by atoms with Crippen LogP contribution in [0.4, 0.5) is 0 Å². The van der Waals surface area contributed by atoms with Crippen molar-refractivity contribution in [1.29, 1.82) is 0 Å². The van der Waals surface area contributed by atoms with Crippen LogP contribution in [-0.4, -0.2) is 19.2 Å². The highest BCUT2D eigenvalue weighted by atomic mass is 79.9. The van der Waals surface area contributed by atoms with Gasteiger partial charge in [-0.2, -0.15) is 0 Å². The van der Waals surface area contributed by atoms with E-state index in [9.17, 15) is 0 Å². The van der Waals surface area contributed by atoms with Crippen molar-refractivity contribution in [3.63, 3.8) is 0 Å². The van der Waals surface area contributed by atoms with Crippen LogP contribution in [0.2, 0.25) is 0 Å². The first-order valence-corrected chi connectivity index (χ1v) is 6.62. The molecule has 2 rings (SSSR count). The Hall–Kier alpha value is -1.07. The maximum Gasteiger partial charge on any atom is 0.161 e. The SMILES string of the molecule is COc1ccc(-c2nc(C)sc2Br)cc1OC. The van der Waals surface area contributed by atoms with Gasteiger partial charge in [0, 0.05) is 5.56 Å². The lowest BCUT2D eigenvalue weighted by atomic mass is 10.1. The van der Waals surface area contributed by atoms with Gasteiger partial charge in [-0.15, -0.1) is 11.3 Å². The Morgan fingerprint density at radius 3 is 2.41 bits per heavy atom. The van der Waals surface area contributed by atoms with Gasteiger partial charge in [-0.1, -0.05) is 0 Å². The summed E-state index contributed by atoms with van der Waals surface area (Å²) < 4.78 is 11.5. The van der Waals surface area contributed by atoms with Crippen molar-refractivity contribution in [3.05, 3.63) is 27.0 Å². The second-order valence-corrected chi connectivity index (χ2v) is 5.95. The number of aromatic nitrogens is 1. The van der Waals surface area contributed by atoms with Crippen LogP contribution in [0.5, 0.6) is 11.5 Å². The van der Waals surface area contributed by atoms with Gasteiger partial charge in [0.05, 0.1) is 28.7 Å². The van der Waals surface area contributed by atoms with E-state index in [2.05, 4.69) is 20.9 Å². The zero-order valence-corrected chi connectivity index (χ0v) is 12.2. The summed E-state index contributed by atoms with van der Waals surface area (Å²) in [5.74, 6) is 1.43. The van der Waals surface area contributed by atoms with Gasteiger partial charge in [-0.3, -0.25) is 0 Å². The Balaban J connectivity index is 2.50. The number of rotatable bonds is 3. The van der Waals surface area contributed by atoms with Crippen molar-refractivity contribution in [2.45, 2.75) is 6.92 Å². The van der Waals surface area contributed by atoms with Crippen molar-refractivity contribution in [3.8, 4) is 22.8 Å². The van der Waals surface area contributed by atoms with Crippen LogP contribution in [0.15, 0.2) is 22.0 Å². The number of methoxy groups -OCH3 is 2. The summed E-state index contributed by atoms with van der Waals surface area (Å²) in [6.45, 7) is 1.99. The number of aryl methyl sites for hydroxylation is 1. The van der Waals surface area contributed by atoms with Gasteiger partial charge in [0.15, 0.2) is 11.5 Å². The molecule has 1 heterocycles. The third-order valence-electron chi connectivity index (χ3n) is 2.35. The maximum atomic E-state index is 5.28. The smallest absolute Gasteiger partial charge is 0.161 e. The van der Waals surface area contributed by atoms with Crippen LogP contribution < -0.4 is 9.47 Å². The predicted octanol–water partition coefficient (Wildman–Crippen LogP) is 3.90. The Labute approximate surface area is 113 Å². The standard InChI is InChI=1S/C12H12BrNO2S/c1-7-14-11(12(13)17-7)8-4-5-9(15-2)10(6-8)16-3/h4-6H,1-3H3. The van der Waals surface area contributed by atoms with Crippen molar-refractivity contribution < 1.29 is 9.47 Å². The van der Waals surface area contributed by atoms with E-state index < -0.39 is 0 Å². The van der Waals surface area contributed by atoms with Gasteiger partial charge in [-0.05, 0) is 41.1 Å². The zero-order chi connectivity index (χ0) is 12.4. The molecule has 0 bridgehead atoms. The molecule has 0 aliphatic rings. The van der Waals surface area contributed by atoms with Crippen molar-refractivity contribution >= 4 is 27.3 Å². The highest BCUT2D eigenvalue weighted by Crippen LogP contribution is 2.37. The maximum absolute atomic E-state index is 5.28. The van der Waals surface area contributed by atoms with Crippen molar-refractivity contribution in [2.24, 2.45) is 0 Å². The molecule has 1 aromatic heterocycles.